The maximum Gasteiger partial charge on any atom is 0.256 e. The molecular formula is C15H14Cl2N4O2S. The van der Waals surface area contributed by atoms with Crippen molar-refractivity contribution in [1.29, 1.82) is 0 Å². The zero-order valence-corrected chi connectivity index (χ0v) is 15.1. The molecule has 2 heterocycles. The third kappa shape index (κ3) is 3.53. The molecule has 0 aliphatic carbocycles. The van der Waals surface area contributed by atoms with Gasteiger partial charge in [-0.25, -0.2) is 0 Å². The van der Waals surface area contributed by atoms with Gasteiger partial charge in [0.25, 0.3) is 5.91 Å². The van der Waals surface area contributed by atoms with Gasteiger partial charge in [-0.2, -0.15) is 0 Å². The van der Waals surface area contributed by atoms with Crippen molar-refractivity contribution in [3.63, 3.8) is 0 Å². The van der Waals surface area contributed by atoms with Gasteiger partial charge in [-0.3, -0.25) is 14.9 Å². The number of carbonyl (C=O) groups excluding carboxylic acids is 2. The lowest BCUT2D eigenvalue weighted by Crippen LogP contribution is -2.43. The number of aryl methyl sites for hydroxylation is 1. The van der Waals surface area contributed by atoms with Crippen LogP contribution in [0.2, 0.25) is 10.0 Å². The summed E-state index contributed by atoms with van der Waals surface area (Å²) in [4.78, 5) is 26.8. The first-order chi connectivity index (χ1) is 11.5. The smallest absolute Gasteiger partial charge is 0.256 e. The Labute approximate surface area is 152 Å². The SMILES string of the molecule is Cc1nnc(NC(=O)C2CCCN2C(=O)c2cc(Cl)ccc2Cl)s1. The third-order valence-electron chi connectivity index (χ3n) is 3.73. The fraction of sp³-hybridized carbons (Fsp3) is 0.333. The molecular weight excluding hydrogens is 371 g/mol. The molecule has 6 nitrogen and oxygen atoms in total. The van der Waals surface area contributed by atoms with E-state index in [9.17, 15) is 9.59 Å². The molecule has 24 heavy (non-hydrogen) atoms. The Hall–Kier alpha value is -1.70. The van der Waals surface area contributed by atoms with E-state index in [0.29, 0.717) is 33.7 Å². The molecule has 1 aliphatic heterocycles. The van der Waals surface area contributed by atoms with Crippen molar-refractivity contribution < 1.29 is 9.59 Å². The van der Waals surface area contributed by atoms with Gasteiger partial charge in [-0.1, -0.05) is 34.5 Å². The minimum Gasteiger partial charge on any atom is -0.327 e. The van der Waals surface area contributed by atoms with E-state index >= 15 is 0 Å². The first kappa shape index (κ1) is 17.1. The second kappa shape index (κ2) is 7.04. The van der Waals surface area contributed by atoms with Crippen molar-refractivity contribution in [2.24, 2.45) is 0 Å². The number of halogens is 2. The van der Waals surface area contributed by atoms with Crippen molar-refractivity contribution >= 4 is 51.5 Å². The maximum absolute atomic E-state index is 12.8. The average molecular weight is 385 g/mol. The van der Waals surface area contributed by atoms with Crippen LogP contribution in [0.25, 0.3) is 0 Å². The van der Waals surface area contributed by atoms with Gasteiger partial charge in [0, 0.05) is 11.6 Å². The quantitative estimate of drug-likeness (QED) is 0.879. The summed E-state index contributed by atoms with van der Waals surface area (Å²) >= 11 is 13.3. The molecule has 126 valence electrons. The summed E-state index contributed by atoms with van der Waals surface area (Å²) in [5.41, 5.74) is 0.302. The van der Waals surface area contributed by atoms with Gasteiger partial charge in [0.15, 0.2) is 0 Å². The van der Waals surface area contributed by atoms with Crippen LogP contribution in [0.3, 0.4) is 0 Å². The third-order valence-corrected chi connectivity index (χ3v) is 5.05. The summed E-state index contributed by atoms with van der Waals surface area (Å²) in [5, 5.41) is 12.4. The van der Waals surface area contributed by atoms with E-state index in [1.54, 1.807) is 19.1 Å². The topological polar surface area (TPSA) is 75.2 Å². The molecule has 0 saturated carbocycles. The summed E-state index contributed by atoms with van der Waals surface area (Å²) in [5.74, 6) is -0.566. The Bertz CT molecular complexity index is 796. The molecule has 1 unspecified atom stereocenters. The number of amides is 2. The van der Waals surface area contributed by atoms with Crippen molar-refractivity contribution in [3.8, 4) is 0 Å². The van der Waals surface area contributed by atoms with E-state index in [-0.39, 0.29) is 11.8 Å². The van der Waals surface area contributed by atoms with Gasteiger partial charge in [-0.05, 0) is 38.0 Å². The van der Waals surface area contributed by atoms with Gasteiger partial charge >= 0.3 is 0 Å². The van der Waals surface area contributed by atoms with Gasteiger partial charge < -0.3 is 4.90 Å². The number of benzene rings is 1. The second-order valence-electron chi connectivity index (χ2n) is 5.40. The van der Waals surface area contributed by atoms with Crippen molar-refractivity contribution in [2.45, 2.75) is 25.8 Å². The van der Waals surface area contributed by atoms with Crippen LogP contribution in [-0.4, -0.2) is 39.5 Å². The number of hydrogen-bond acceptors (Lipinski definition) is 5. The maximum atomic E-state index is 12.8. The minimum absolute atomic E-state index is 0.268. The number of anilines is 1. The van der Waals surface area contributed by atoms with E-state index in [2.05, 4.69) is 15.5 Å². The number of carbonyl (C=O) groups is 2. The molecule has 1 N–H and O–H groups in total. The van der Waals surface area contributed by atoms with Crippen LogP contribution in [0.1, 0.15) is 28.2 Å². The Kier molecular flexibility index (Phi) is 5.03. The van der Waals surface area contributed by atoms with E-state index < -0.39 is 6.04 Å². The normalized spacial score (nSPS) is 17.1. The number of nitrogens with one attached hydrogen (secondary N) is 1. The van der Waals surface area contributed by atoms with Gasteiger partial charge in [-0.15, -0.1) is 10.2 Å². The monoisotopic (exact) mass is 384 g/mol. The van der Waals surface area contributed by atoms with Crippen LogP contribution in [0, 0.1) is 6.92 Å². The minimum atomic E-state index is -0.559. The van der Waals surface area contributed by atoms with Crippen molar-refractivity contribution in [3.05, 3.63) is 38.8 Å². The van der Waals surface area contributed by atoms with Crippen LogP contribution in [-0.2, 0) is 4.79 Å². The van der Waals surface area contributed by atoms with Crippen LogP contribution in [0.5, 0.6) is 0 Å². The van der Waals surface area contributed by atoms with Crippen LogP contribution >= 0.6 is 34.5 Å². The number of rotatable bonds is 3. The molecule has 0 radical (unpaired) electrons. The highest BCUT2D eigenvalue weighted by atomic mass is 35.5. The molecule has 1 aromatic heterocycles. The fourth-order valence-electron chi connectivity index (χ4n) is 2.63. The molecule has 1 aromatic carbocycles. The summed E-state index contributed by atoms with van der Waals surface area (Å²) in [6.07, 6.45) is 1.34. The van der Waals surface area contributed by atoms with E-state index in [1.807, 2.05) is 0 Å². The summed E-state index contributed by atoms with van der Waals surface area (Å²) in [6, 6.07) is 4.16. The van der Waals surface area contributed by atoms with Gasteiger partial charge in [0.2, 0.25) is 11.0 Å². The van der Waals surface area contributed by atoms with E-state index in [1.165, 1.54) is 22.3 Å². The largest absolute Gasteiger partial charge is 0.327 e. The lowest BCUT2D eigenvalue weighted by atomic mass is 10.1. The highest BCUT2D eigenvalue weighted by Crippen LogP contribution is 2.27. The molecule has 9 heteroatoms. The Morgan fingerprint density at radius 2 is 2.12 bits per heavy atom. The zero-order valence-electron chi connectivity index (χ0n) is 12.8. The van der Waals surface area contributed by atoms with Crippen molar-refractivity contribution in [2.75, 3.05) is 11.9 Å². The van der Waals surface area contributed by atoms with Crippen LogP contribution in [0.15, 0.2) is 18.2 Å². The molecule has 0 spiro atoms. The first-order valence-corrected chi connectivity index (χ1v) is 8.90. The predicted octanol–water partition coefficient (Wildman–Crippen LogP) is 3.40. The summed E-state index contributed by atoms with van der Waals surface area (Å²) in [6.45, 7) is 2.30. The molecule has 3 rings (SSSR count). The Morgan fingerprint density at radius 3 is 2.83 bits per heavy atom. The standard InChI is InChI=1S/C15H14Cl2N4O2S/c1-8-19-20-15(24-8)18-13(22)12-3-2-6-21(12)14(23)10-7-9(16)4-5-11(10)17/h4-5,7,12H,2-3,6H2,1H3,(H,18,20,22). The fourth-order valence-corrected chi connectivity index (χ4v) is 3.60. The van der Waals surface area contributed by atoms with Crippen molar-refractivity contribution in [1.82, 2.24) is 15.1 Å². The van der Waals surface area contributed by atoms with Crippen LogP contribution in [0.4, 0.5) is 5.13 Å². The molecule has 2 amide bonds. The number of aromatic nitrogens is 2. The first-order valence-electron chi connectivity index (χ1n) is 7.32. The number of nitrogens with zero attached hydrogens (tertiary/aromatic N) is 3. The summed E-state index contributed by atoms with van der Waals surface area (Å²) < 4.78 is 0. The molecule has 1 atom stereocenters. The lowest BCUT2D eigenvalue weighted by Gasteiger charge is -2.24. The van der Waals surface area contributed by atoms with E-state index in [0.717, 1.165) is 11.4 Å². The van der Waals surface area contributed by atoms with Gasteiger partial charge in [0.1, 0.15) is 11.0 Å². The van der Waals surface area contributed by atoms with Crippen LogP contribution < -0.4 is 5.32 Å². The van der Waals surface area contributed by atoms with E-state index in [4.69, 9.17) is 23.2 Å². The Morgan fingerprint density at radius 1 is 1.33 bits per heavy atom. The highest BCUT2D eigenvalue weighted by Gasteiger charge is 2.35. The molecule has 1 saturated heterocycles. The molecule has 2 aromatic rings. The highest BCUT2D eigenvalue weighted by molar-refractivity contribution is 7.15. The second-order valence-corrected chi connectivity index (χ2v) is 7.42. The lowest BCUT2D eigenvalue weighted by molar-refractivity contribution is -0.119. The van der Waals surface area contributed by atoms with Gasteiger partial charge in [0.05, 0.1) is 10.6 Å². The summed E-state index contributed by atoms with van der Waals surface area (Å²) in [7, 11) is 0. The number of hydrogen-bond donors (Lipinski definition) is 1. The predicted molar refractivity (Wildman–Crippen MR) is 93.8 cm³/mol. The Balaban J connectivity index is 1.78. The molecule has 0 bridgehead atoms. The molecule has 1 fully saturated rings. The average Bonchev–Trinajstić information content (AvgIpc) is 3.18. The zero-order chi connectivity index (χ0) is 17.3. The number of likely N-dealkylation sites (tertiary alicyclic amines) is 1. The molecule has 1 aliphatic rings.